The molecule has 0 aromatic carbocycles. The van der Waals surface area contributed by atoms with E-state index in [0.717, 1.165) is 29.7 Å². The van der Waals surface area contributed by atoms with Crippen LogP contribution in [-0.2, 0) is 0 Å². The number of halogens is 1. The van der Waals surface area contributed by atoms with Crippen molar-refractivity contribution in [2.45, 2.75) is 51.2 Å². The molecule has 1 aromatic heterocycles. The van der Waals surface area contributed by atoms with Gasteiger partial charge in [-0.3, -0.25) is 0 Å². The van der Waals surface area contributed by atoms with Crippen molar-refractivity contribution in [3.8, 4) is 0 Å². The summed E-state index contributed by atoms with van der Waals surface area (Å²) in [6.07, 6.45) is 8.71. The Morgan fingerprint density at radius 2 is 2.33 bits per heavy atom. The van der Waals surface area contributed by atoms with E-state index < -0.39 is 0 Å². The molecule has 0 aliphatic carbocycles. The second-order valence-corrected chi connectivity index (χ2v) is 5.83. The van der Waals surface area contributed by atoms with Gasteiger partial charge in [0, 0.05) is 18.8 Å². The second-order valence-electron chi connectivity index (χ2n) is 4.98. The number of nitrogens with zero attached hydrogens (tertiary/aromatic N) is 3. The lowest BCUT2D eigenvalue weighted by atomic mass is 10.0. The molecule has 100 valence electrons. The lowest BCUT2D eigenvalue weighted by Crippen LogP contribution is -2.37. The maximum Gasteiger partial charge on any atom is 0.146 e. The van der Waals surface area contributed by atoms with Gasteiger partial charge >= 0.3 is 0 Å². The topological polar surface area (TPSA) is 49.2 Å². The number of aromatic nitrogens is 2. The predicted octanol–water partition coefficient (Wildman–Crippen LogP) is 2.76. The summed E-state index contributed by atoms with van der Waals surface area (Å²) >= 11 is 3.52. The maximum absolute atomic E-state index is 9.66. The van der Waals surface area contributed by atoms with Gasteiger partial charge in [-0.25, -0.2) is 9.97 Å². The van der Waals surface area contributed by atoms with Crippen LogP contribution in [0.4, 0.5) is 5.82 Å². The Morgan fingerprint density at radius 1 is 1.50 bits per heavy atom. The first-order valence-corrected chi connectivity index (χ1v) is 7.38. The van der Waals surface area contributed by atoms with E-state index in [1.54, 1.807) is 12.5 Å². The molecule has 1 aliphatic heterocycles. The molecule has 2 unspecified atom stereocenters. The molecule has 18 heavy (non-hydrogen) atoms. The van der Waals surface area contributed by atoms with Crippen molar-refractivity contribution in [2.75, 3.05) is 11.4 Å². The summed E-state index contributed by atoms with van der Waals surface area (Å²) in [4.78, 5) is 10.7. The van der Waals surface area contributed by atoms with Crippen LogP contribution in [0.1, 0.15) is 39.0 Å². The summed E-state index contributed by atoms with van der Waals surface area (Å²) in [5.74, 6) is 0.956. The smallest absolute Gasteiger partial charge is 0.146 e. The van der Waals surface area contributed by atoms with Crippen LogP contribution in [0.2, 0.25) is 0 Å². The van der Waals surface area contributed by atoms with E-state index in [4.69, 9.17) is 0 Å². The average molecular weight is 314 g/mol. The highest BCUT2D eigenvalue weighted by Crippen LogP contribution is 2.29. The molecule has 2 rings (SSSR count). The molecule has 2 heterocycles. The van der Waals surface area contributed by atoms with Crippen molar-refractivity contribution in [1.29, 1.82) is 0 Å². The molecule has 1 fully saturated rings. The van der Waals surface area contributed by atoms with E-state index in [2.05, 4.69) is 30.8 Å². The predicted molar refractivity (Wildman–Crippen MR) is 75.6 cm³/mol. The quantitative estimate of drug-likeness (QED) is 0.932. The van der Waals surface area contributed by atoms with E-state index in [9.17, 15) is 5.11 Å². The van der Waals surface area contributed by atoms with Gasteiger partial charge in [0.1, 0.15) is 12.1 Å². The lowest BCUT2D eigenvalue weighted by molar-refractivity contribution is 0.171. The minimum atomic E-state index is -0.267. The fourth-order valence-electron chi connectivity index (χ4n) is 2.61. The molecule has 5 heteroatoms. The number of aliphatic hydroxyl groups excluding tert-OH is 1. The molecular formula is C13H20BrN3O. The SMILES string of the molecule is CC(O)CC1CCCCCN1c1ncncc1Br. The number of hydrogen-bond acceptors (Lipinski definition) is 4. The van der Waals surface area contributed by atoms with E-state index in [-0.39, 0.29) is 6.10 Å². The van der Waals surface area contributed by atoms with Crippen molar-refractivity contribution in [3.63, 3.8) is 0 Å². The second kappa shape index (κ2) is 6.48. The van der Waals surface area contributed by atoms with Crippen molar-refractivity contribution < 1.29 is 5.11 Å². The molecule has 2 atom stereocenters. The van der Waals surface area contributed by atoms with Crippen LogP contribution in [0.15, 0.2) is 17.0 Å². The highest BCUT2D eigenvalue weighted by atomic mass is 79.9. The standard InChI is InChI=1S/C13H20BrN3O/c1-10(18)7-11-5-3-2-4-6-17(11)13-12(14)8-15-9-16-13/h8-11,18H,2-7H2,1H3. The fourth-order valence-corrected chi connectivity index (χ4v) is 3.06. The monoisotopic (exact) mass is 313 g/mol. The summed E-state index contributed by atoms with van der Waals surface area (Å²) in [6.45, 7) is 2.87. The molecule has 1 N–H and O–H groups in total. The highest BCUT2D eigenvalue weighted by molar-refractivity contribution is 9.10. The molecule has 0 spiro atoms. The number of anilines is 1. The van der Waals surface area contributed by atoms with Crippen molar-refractivity contribution >= 4 is 21.7 Å². The zero-order chi connectivity index (χ0) is 13.0. The van der Waals surface area contributed by atoms with Crippen molar-refractivity contribution in [2.24, 2.45) is 0 Å². The van der Waals surface area contributed by atoms with Gasteiger partial charge in [0.2, 0.25) is 0 Å². The van der Waals surface area contributed by atoms with Gasteiger partial charge in [-0.2, -0.15) is 0 Å². The lowest BCUT2D eigenvalue weighted by Gasteiger charge is -2.32. The number of hydrogen-bond donors (Lipinski definition) is 1. The Hall–Kier alpha value is -0.680. The maximum atomic E-state index is 9.66. The average Bonchev–Trinajstić information content (AvgIpc) is 2.55. The zero-order valence-electron chi connectivity index (χ0n) is 10.7. The summed E-state index contributed by atoms with van der Waals surface area (Å²) in [5.41, 5.74) is 0. The van der Waals surface area contributed by atoms with Gasteiger partial charge < -0.3 is 10.0 Å². The molecule has 0 amide bonds. The first-order valence-electron chi connectivity index (χ1n) is 6.58. The largest absolute Gasteiger partial charge is 0.393 e. The van der Waals surface area contributed by atoms with Gasteiger partial charge in [0.25, 0.3) is 0 Å². The molecule has 4 nitrogen and oxygen atoms in total. The van der Waals surface area contributed by atoms with E-state index in [1.807, 2.05) is 6.92 Å². The molecule has 0 bridgehead atoms. The molecule has 0 radical (unpaired) electrons. The molecule has 1 aromatic rings. The van der Waals surface area contributed by atoms with E-state index in [0.29, 0.717) is 6.04 Å². The third-order valence-corrected chi connectivity index (χ3v) is 3.97. The van der Waals surface area contributed by atoms with Crippen LogP contribution in [0.25, 0.3) is 0 Å². The van der Waals surface area contributed by atoms with Crippen LogP contribution < -0.4 is 4.90 Å². The van der Waals surface area contributed by atoms with Crippen molar-refractivity contribution in [1.82, 2.24) is 9.97 Å². The minimum absolute atomic E-state index is 0.267. The van der Waals surface area contributed by atoms with Gasteiger partial charge in [-0.15, -0.1) is 0 Å². The summed E-state index contributed by atoms with van der Waals surface area (Å²) < 4.78 is 0.933. The van der Waals surface area contributed by atoms with Gasteiger partial charge in [-0.1, -0.05) is 12.8 Å². The Kier molecular flexibility index (Phi) is 4.95. The summed E-state index contributed by atoms with van der Waals surface area (Å²) in [5, 5.41) is 9.66. The number of aliphatic hydroxyl groups is 1. The third kappa shape index (κ3) is 3.42. The first-order chi connectivity index (χ1) is 8.68. The minimum Gasteiger partial charge on any atom is -0.393 e. The summed E-state index contributed by atoms with van der Waals surface area (Å²) in [6, 6.07) is 0.374. The van der Waals surface area contributed by atoms with Crippen molar-refractivity contribution in [3.05, 3.63) is 17.0 Å². The van der Waals surface area contributed by atoms with Crippen LogP contribution in [-0.4, -0.2) is 33.8 Å². The molecule has 0 saturated carbocycles. The highest BCUT2D eigenvalue weighted by Gasteiger charge is 2.24. The van der Waals surface area contributed by atoms with Crippen LogP contribution in [0.3, 0.4) is 0 Å². The van der Waals surface area contributed by atoms with Gasteiger partial charge in [0.05, 0.1) is 10.6 Å². The zero-order valence-corrected chi connectivity index (χ0v) is 12.3. The van der Waals surface area contributed by atoms with Gasteiger partial charge in [0.15, 0.2) is 0 Å². The van der Waals surface area contributed by atoms with Crippen LogP contribution >= 0.6 is 15.9 Å². The summed E-state index contributed by atoms with van der Waals surface area (Å²) in [7, 11) is 0. The Morgan fingerprint density at radius 3 is 3.06 bits per heavy atom. The fraction of sp³-hybridized carbons (Fsp3) is 0.692. The van der Waals surface area contributed by atoms with E-state index in [1.165, 1.54) is 19.3 Å². The molecule has 1 aliphatic rings. The van der Waals surface area contributed by atoms with Gasteiger partial charge in [-0.05, 0) is 42.1 Å². The van der Waals surface area contributed by atoms with E-state index >= 15 is 0 Å². The molecular weight excluding hydrogens is 294 g/mol. The first kappa shape index (κ1) is 13.7. The Bertz CT molecular complexity index is 386. The third-order valence-electron chi connectivity index (χ3n) is 3.41. The number of rotatable bonds is 3. The molecule has 1 saturated heterocycles. The van der Waals surface area contributed by atoms with Crippen LogP contribution in [0, 0.1) is 0 Å². The normalized spacial score (nSPS) is 22.6. The Labute approximate surface area is 117 Å². The van der Waals surface area contributed by atoms with Crippen LogP contribution in [0.5, 0.6) is 0 Å². The Balaban J connectivity index is 2.22.